The van der Waals surface area contributed by atoms with Crippen molar-refractivity contribution in [2.45, 2.75) is 100.0 Å². The van der Waals surface area contributed by atoms with Gasteiger partial charge in [0.1, 0.15) is 17.8 Å². The van der Waals surface area contributed by atoms with E-state index in [9.17, 15) is 36.7 Å². The van der Waals surface area contributed by atoms with E-state index in [1.165, 1.54) is 5.56 Å². The number of aldehydes is 2. The first-order valence-corrected chi connectivity index (χ1v) is 18.7. The van der Waals surface area contributed by atoms with E-state index >= 15 is 0 Å². The number of aryl methyl sites for hydroxylation is 4. The number of hydrogen-bond donors (Lipinski definition) is 3. The van der Waals surface area contributed by atoms with Crippen molar-refractivity contribution >= 4 is 18.5 Å². The average Bonchev–Trinajstić information content (AvgIpc) is 3.09. The molecule has 0 unspecified atom stereocenters. The lowest BCUT2D eigenvalue weighted by atomic mass is 9.89. The second-order valence-electron chi connectivity index (χ2n) is 14.2. The minimum absolute atomic E-state index is 0.0463. The second-order valence-corrected chi connectivity index (χ2v) is 14.2. The highest BCUT2D eigenvalue weighted by atomic mass is 19.4. The highest BCUT2D eigenvalue weighted by Gasteiger charge is 2.35. The third kappa shape index (κ3) is 14.8. The van der Waals surface area contributed by atoms with Crippen LogP contribution in [0.3, 0.4) is 0 Å². The summed E-state index contributed by atoms with van der Waals surface area (Å²) in [6.45, 7) is 20.1. The van der Waals surface area contributed by atoms with Gasteiger partial charge in [-0.1, -0.05) is 52.3 Å². The molecule has 4 rings (SSSR count). The van der Waals surface area contributed by atoms with E-state index in [2.05, 4.69) is 50.5 Å². The molecular formula is C42H60F4N4O5. The number of carbonyl (C=O) groups excluding carboxylic acids is 2. The molecule has 3 N–H and O–H groups in total. The van der Waals surface area contributed by atoms with Crippen LogP contribution in [0.2, 0.25) is 0 Å². The van der Waals surface area contributed by atoms with Crippen LogP contribution >= 0.6 is 0 Å². The Labute approximate surface area is 323 Å². The lowest BCUT2D eigenvalue weighted by Crippen LogP contribution is -2.47. The standard InChI is InChI=1S/C20H24FNO2.C13H15F3N2O2.C7H15NO.C2H6/c1-11-6-12(2)19(13(3)7-11)15-8-14(4)20(21)16(9-15)17(22-5)10-18(23)24;1-9-6-17(7-9)4-5-18-11(13(14,15)16)3-2-10(8-19)12(18)20;1-6(2)4-7(5-9)8-3;1-2/h6-9,17,22H,10H2,1-5H3,(H,23,24);2-3,8-9H,4-7H2,1H3;5-8H,4H2,1-3H3;1-2H3/t17-;;7-;/m0.0./s1. The maximum absolute atomic E-state index is 14.6. The summed E-state index contributed by atoms with van der Waals surface area (Å²) in [6.07, 6.45) is -2.60. The summed E-state index contributed by atoms with van der Waals surface area (Å²) in [5.74, 6) is -0.177. The lowest BCUT2D eigenvalue weighted by Gasteiger charge is -2.37. The van der Waals surface area contributed by atoms with Crippen molar-refractivity contribution in [3.05, 3.63) is 91.6 Å². The van der Waals surface area contributed by atoms with E-state index in [1.54, 1.807) is 27.1 Å². The number of aromatic nitrogens is 1. The van der Waals surface area contributed by atoms with Crippen LogP contribution in [-0.2, 0) is 22.3 Å². The Morgan fingerprint density at radius 1 is 0.945 bits per heavy atom. The van der Waals surface area contributed by atoms with Gasteiger partial charge in [0, 0.05) is 37.8 Å². The van der Waals surface area contributed by atoms with Crippen LogP contribution in [0.5, 0.6) is 0 Å². The van der Waals surface area contributed by atoms with Crippen molar-refractivity contribution in [1.82, 2.24) is 20.1 Å². The summed E-state index contributed by atoms with van der Waals surface area (Å²) in [5.41, 5.74) is 4.21. The van der Waals surface area contributed by atoms with Gasteiger partial charge in [-0.25, -0.2) is 4.39 Å². The maximum atomic E-state index is 14.6. The molecular weight excluding hydrogens is 716 g/mol. The van der Waals surface area contributed by atoms with Gasteiger partial charge in [0.2, 0.25) is 0 Å². The Hall–Kier alpha value is -4.20. The number of likely N-dealkylation sites (N-methyl/N-ethyl adjacent to an activating group) is 1. The molecule has 1 aliphatic rings. The summed E-state index contributed by atoms with van der Waals surface area (Å²) in [4.78, 5) is 45.8. The van der Waals surface area contributed by atoms with Gasteiger partial charge in [0.15, 0.2) is 6.29 Å². The van der Waals surface area contributed by atoms with E-state index in [-0.39, 0.29) is 36.7 Å². The fraction of sp³-hybridized carbons (Fsp3) is 0.524. The van der Waals surface area contributed by atoms with Gasteiger partial charge in [-0.05, 0) is 112 Å². The summed E-state index contributed by atoms with van der Waals surface area (Å²) in [6, 6.07) is 9.00. The van der Waals surface area contributed by atoms with Crippen molar-refractivity contribution < 1.29 is 37.1 Å². The molecule has 0 radical (unpaired) electrons. The molecule has 2 atom stereocenters. The summed E-state index contributed by atoms with van der Waals surface area (Å²) < 4.78 is 53.9. The number of carboxylic acid groups (broad SMARTS) is 1. The van der Waals surface area contributed by atoms with Crippen molar-refractivity contribution in [2.24, 2.45) is 11.8 Å². The van der Waals surface area contributed by atoms with Crippen LogP contribution in [0.25, 0.3) is 11.1 Å². The number of nitrogens with zero attached hydrogens (tertiary/aromatic N) is 2. The lowest BCUT2D eigenvalue weighted by molar-refractivity contribution is -0.144. The Kier molecular flexibility index (Phi) is 20.4. The molecule has 55 heavy (non-hydrogen) atoms. The minimum atomic E-state index is -4.61. The number of benzene rings is 2. The summed E-state index contributed by atoms with van der Waals surface area (Å²) in [5, 5.41) is 14.9. The number of nitrogens with one attached hydrogen (secondary N) is 2. The molecule has 9 nitrogen and oxygen atoms in total. The van der Waals surface area contributed by atoms with Gasteiger partial charge in [0.05, 0.1) is 18.0 Å². The molecule has 0 spiro atoms. The zero-order valence-electron chi connectivity index (χ0n) is 34.2. The minimum Gasteiger partial charge on any atom is -0.481 e. The van der Waals surface area contributed by atoms with Crippen molar-refractivity contribution in [3.63, 3.8) is 0 Å². The molecule has 0 aliphatic carbocycles. The van der Waals surface area contributed by atoms with Crippen LogP contribution < -0.4 is 16.2 Å². The molecule has 0 bridgehead atoms. The fourth-order valence-corrected chi connectivity index (χ4v) is 6.53. The molecule has 1 aliphatic heterocycles. The number of likely N-dealkylation sites (tertiary alicyclic amines) is 1. The zero-order chi connectivity index (χ0) is 42.2. The molecule has 1 saturated heterocycles. The first kappa shape index (κ1) is 48.8. The van der Waals surface area contributed by atoms with E-state index in [1.807, 2.05) is 38.7 Å². The van der Waals surface area contributed by atoms with E-state index in [0.29, 0.717) is 34.1 Å². The molecule has 0 saturated carbocycles. The fourth-order valence-electron chi connectivity index (χ4n) is 6.53. The van der Waals surface area contributed by atoms with Crippen LogP contribution in [-0.4, -0.2) is 72.9 Å². The smallest absolute Gasteiger partial charge is 0.431 e. The molecule has 306 valence electrons. The van der Waals surface area contributed by atoms with Gasteiger partial charge in [-0.15, -0.1) is 0 Å². The highest BCUT2D eigenvalue weighted by Crippen LogP contribution is 2.34. The Bertz CT molecular complexity index is 1740. The zero-order valence-corrected chi connectivity index (χ0v) is 34.2. The van der Waals surface area contributed by atoms with E-state index in [4.69, 9.17) is 5.11 Å². The summed E-state index contributed by atoms with van der Waals surface area (Å²) >= 11 is 0. The predicted octanol–water partition coefficient (Wildman–Crippen LogP) is 7.94. The maximum Gasteiger partial charge on any atom is 0.431 e. The highest BCUT2D eigenvalue weighted by molar-refractivity contribution is 5.74. The third-order valence-electron chi connectivity index (χ3n) is 9.01. The van der Waals surface area contributed by atoms with Gasteiger partial charge >= 0.3 is 12.1 Å². The first-order valence-electron chi connectivity index (χ1n) is 18.7. The number of rotatable bonds is 13. The van der Waals surface area contributed by atoms with Gasteiger partial charge in [-0.2, -0.15) is 13.2 Å². The number of hydrogen-bond acceptors (Lipinski definition) is 7. The van der Waals surface area contributed by atoms with Gasteiger partial charge < -0.3 is 30.0 Å². The Balaban J connectivity index is 0.000000440. The molecule has 0 amide bonds. The monoisotopic (exact) mass is 776 g/mol. The molecule has 13 heteroatoms. The van der Waals surface area contributed by atoms with E-state index < -0.39 is 29.4 Å². The van der Waals surface area contributed by atoms with Crippen molar-refractivity contribution in [2.75, 3.05) is 33.7 Å². The van der Waals surface area contributed by atoms with Gasteiger partial charge in [0.25, 0.3) is 5.56 Å². The Morgan fingerprint density at radius 2 is 1.53 bits per heavy atom. The van der Waals surface area contributed by atoms with Crippen molar-refractivity contribution in [3.8, 4) is 11.1 Å². The summed E-state index contributed by atoms with van der Waals surface area (Å²) in [7, 11) is 3.46. The number of carboxylic acids is 1. The average molecular weight is 777 g/mol. The number of alkyl halides is 3. The number of pyridine rings is 1. The quantitative estimate of drug-likeness (QED) is 0.118. The largest absolute Gasteiger partial charge is 0.481 e. The second kappa shape index (κ2) is 23.0. The molecule has 3 aromatic rings. The SMILES string of the molecule is CC.CC1CN(CCn2c(C(F)(F)F)ccc(C=O)c2=O)C1.CN[C@@H](CC(=O)O)c1cc(-c2c(C)cc(C)cc2C)cc(C)c1F.CN[C@H](C=O)CC(C)C. The predicted molar refractivity (Wildman–Crippen MR) is 211 cm³/mol. The Morgan fingerprint density at radius 3 is 1.95 bits per heavy atom. The number of aliphatic carboxylic acids is 1. The van der Waals surface area contributed by atoms with Crippen molar-refractivity contribution in [1.29, 1.82) is 0 Å². The van der Waals surface area contributed by atoms with Crippen LogP contribution in [0, 0.1) is 45.3 Å². The molecule has 1 fully saturated rings. The van der Waals surface area contributed by atoms with Crippen LogP contribution in [0.4, 0.5) is 17.6 Å². The number of carbonyl (C=O) groups is 3. The topological polar surface area (TPSA) is 121 Å². The third-order valence-corrected chi connectivity index (χ3v) is 9.01. The van der Waals surface area contributed by atoms with Gasteiger partial charge in [-0.3, -0.25) is 14.4 Å². The first-order chi connectivity index (χ1) is 25.8. The molecule has 2 aromatic carbocycles. The van der Waals surface area contributed by atoms with E-state index in [0.717, 1.165) is 60.2 Å². The van der Waals surface area contributed by atoms with Crippen LogP contribution in [0.15, 0.2) is 41.2 Å². The molecule has 2 heterocycles. The molecule has 1 aromatic heterocycles. The normalized spacial score (nSPS) is 13.9. The van der Waals surface area contributed by atoms with Crippen LogP contribution in [0.1, 0.15) is 97.4 Å². The number of halogens is 4.